The molecule has 1 aromatic carbocycles. The molecule has 0 aliphatic carbocycles. The van der Waals surface area contributed by atoms with E-state index in [0.717, 1.165) is 25.7 Å². The zero-order valence-corrected chi connectivity index (χ0v) is 25.1. The molecule has 1 aliphatic heterocycles. The number of aromatic amines is 1. The molecule has 224 valence electrons. The quantitative estimate of drug-likeness (QED) is 0.202. The van der Waals surface area contributed by atoms with Crippen LogP contribution in [0, 0.1) is 0 Å². The molecule has 0 atom stereocenters. The fraction of sp³-hybridized carbons (Fsp3) is 0.571. The largest absolute Gasteiger partial charge is 0.493 e. The summed E-state index contributed by atoms with van der Waals surface area (Å²) in [4.78, 5) is 32.3. The van der Waals surface area contributed by atoms with Crippen LogP contribution >= 0.6 is 0 Å². The molecule has 4 rings (SSSR count). The first-order valence-corrected chi connectivity index (χ1v) is 15.8. The summed E-state index contributed by atoms with van der Waals surface area (Å²) in [7, 11) is -2.10. The SMILES string of the molecule is CCCCCC(=O)OCCNC1CN(S(=O)(=O)c2ccc(OCC)c(-c3nc4c(CCC)nn(C)c4c(=O)[nH]3)c2)C1. The number of ether oxygens (including phenoxy) is 2. The number of nitrogens with one attached hydrogen (secondary N) is 2. The summed E-state index contributed by atoms with van der Waals surface area (Å²) >= 11 is 0. The summed E-state index contributed by atoms with van der Waals surface area (Å²) in [5.41, 5.74) is 1.59. The molecule has 1 saturated heterocycles. The molecule has 2 N–H and O–H groups in total. The molecular formula is C28H40N6O6S. The molecular weight excluding hydrogens is 548 g/mol. The van der Waals surface area contributed by atoms with Gasteiger partial charge < -0.3 is 19.8 Å². The Morgan fingerprint density at radius 1 is 1.17 bits per heavy atom. The highest BCUT2D eigenvalue weighted by Crippen LogP contribution is 2.33. The van der Waals surface area contributed by atoms with E-state index in [2.05, 4.69) is 22.3 Å². The molecule has 0 saturated carbocycles. The molecule has 3 aromatic rings. The lowest BCUT2D eigenvalue weighted by Crippen LogP contribution is -2.60. The number of hydrogen-bond donors (Lipinski definition) is 2. The Morgan fingerprint density at radius 2 is 1.95 bits per heavy atom. The van der Waals surface area contributed by atoms with Gasteiger partial charge in [0.25, 0.3) is 5.56 Å². The van der Waals surface area contributed by atoms with Crippen LogP contribution in [0.4, 0.5) is 0 Å². The maximum Gasteiger partial charge on any atom is 0.305 e. The van der Waals surface area contributed by atoms with Gasteiger partial charge >= 0.3 is 5.97 Å². The average Bonchev–Trinajstić information content (AvgIpc) is 3.23. The van der Waals surface area contributed by atoms with Crippen LogP contribution in [0.2, 0.25) is 0 Å². The number of esters is 1. The van der Waals surface area contributed by atoms with Gasteiger partial charge in [0.05, 0.1) is 22.8 Å². The molecule has 12 nitrogen and oxygen atoms in total. The summed E-state index contributed by atoms with van der Waals surface area (Å²) in [5, 5.41) is 7.70. The third-order valence-corrected chi connectivity index (χ3v) is 8.85. The first-order chi connectivity index (χ1) is 19.7. The van der Waals surface area contributed by atoms with Crippen LogP contribution in [0.1, 0.15) is 58.6 Å². The van der Waals surface area contributed by atoms with Crippen LogP contribution < -0.4 is 15.6 Å². The van der Waals surface area contributed by atoms with Gasteiger partial charge in [0.15, 0.2) is 5.52 Å². The lowest BCUT2D eigenvalue weighted by atomic mass is 10.1. The van der Waals surface area contributed by atoms with Gasteiger partial charge in [0.1, 0.15) is 23.7 Å². The third-order valence-electron chi connectivity index (χ3n) is 7.02. The van der Waals surface area contributed by atoms with Crippen molar-refractivity contribution in [3.63, 3.8) is 0 Å². The van der Waals surface area contributed by atoms with Crippen molar-refractivity contribution in [2.75, 3.05) is 32.8 Å². The molecule has 0 spiro atoms. The second-order valence-electron chi connectivity index (χ2n) is 10.2. The highest BCUT2D eigenvalue weighted by Gasteiger charge is 2.37. The number of carbonyl (C=O) groups excluding carboxylic acids is 1. The number of benzene rings is 1. The van der Waals surface area contributed by atoms with Gasteiger partial charge in [-0.1, -0.05) is 33.1 Å². The van der Waals surface area contributed by atoms with E-state index in [-0.39, 0.29) is 34.9 Å². The van der Waals surface area contributed by atoms with Crippen molar-refractivity contribution >= 4 is 27.0 Å². The molecule has 1 aliphatic rings. The van der Waals surface area contributed by atoms with E-state index in [9.17, 15) is 18.0 Å². The van der Waals surface area contributed by atoms with Crippen molar-refractivity contribution < 1.29 is 22.7 Å². The maximum atomic E-state index is 13.5. The molecule has 13 heteroatoms. The Balaban J connectivity index is 1.48. The van der Waals surface area contributed by atoms with Crippen LogP contribution in [0.3, 0.4) is 0 Å². The van der Waals surface area contributed by atoms with Crippen LogP contribution in [-0.4, -0.2) is 77.3 Å². The first-order valence-electron chi connectivity index (χ1n) is 14.3. The summed E-state index contributed by atoms with van der Waals surface area (Å²) in [6.07, 6.45) is 4.80. The molecule has 0 unspecified atom stereocenters. The van der Waals surface area contributed by atoms with Gasteiger partial charge in [-0.15, -0.1) is 0 Å². The van der Waals surface area contributed by atoms with E-state index >= 15 is 0 Å². The number of H-pyrrole nitrogens is 1. The van der Waals surface area contributed by atoms with Gasteiger partial charge in [-0.3, -0.25) is 14.3 Å². The Hall–Kier alpha value is -3.29. The zero-order valence-electron chi connectivity index (χ0n) is 24.2. The standard InChI is InChI=1S/C28H40N6O6S/c1-5-8-9-11-24(35)40-15-14-29-19-17-34(18-19)41(37,38)20-12-13-23(39-7-3)21(16-20)27-30-25-22(10-6-2)32-33(4)26(25)28(36)31-27/h12-13,16,19,29H,5-11,14-15,17-18H2,1-4H3,(H,30,31,36). The number of aryl methyl sites for hydroxylation is 2. The van der Waals surface area contributed by atoms with Crippen molar-refractivity contribution in [1.29, 1.82) is 0 Å². The summed E-state index contributed by atoms with van der Waals surface area (Å²) < 4.78 is 40.8. The summed E-state index contributed by atoms with van der Waals surface area (Å²) in [5.74, 6) is 0.437. The summed E-state index contributed by atoms with van der Waals surface area (Å²) in [6, 6.07) is 4.56. The molecule has 3 heterocycles. The van der Waals surface area contributed by atoms with E-state index in [1.54, 1.807) is 13.1 Å². The number of fused-ring (bicyclic) bond motifs is 1. The fourth-order valence-corrected chi connectivity index (χ4v) is 6.40. The minimum absolute atomic E-state index is 0.0336. The van der Waals surface area contributed by atoms with Crippen LogP contribution in [0.15, 0.2) is 27.9 Å². The summed E-state index contributed by atoms with van der Waals surface area (Å²) in [6.45, 7) is 7.60. The lowest BCUT2D eigenvalue weighted by Gasteiger charge is -2.38. The van der Waals surface area contributed by atoms with E-state index in [0.29, 0.717) is 67.1 Å². The van der Waals surface area contributed by atoms with Gasteiger partial charge in [-0.25, -0.2) is 13.4 Å². The van der Waals surface area contributed by atoms with Crippen LogP contribution in [0.25, 0.3) is 22.4 Å². The number of sulfonamides is 1. The monoisotopic (exact) mass is 588 g/mol. The normalized spacial score (nSPS) is 14.3. The predicted molar refractivity (Wildman–Crippen MR) is 155 cm³/mol. The van der Waals surface area contributed by atoms with Crippen molar-refractivity contribution in [3.8, 4) is 17.1 Å². The second-order valence-corrected chi connectivity index (χ2v) is 12.1. The minimum Gasteiger partial charge on any atom is -0.493 e. The predicted octanol–water partition coefficient (Wildman–Crippen LogP) is 2.76. The fourth-order valence-electron chi connectivity index (χ4n) is 4.85. The minimum atomic E-state index is -3.80. The van der Waals surface area contributed by atoms with Gasteiger partial charge in [-0.2, -0.15) is 9.40 Å². The molecule has 0 radical (unpaired) electrons. The molecule has 1 fully saturated rings. The van der Waals surface area contributed by atoms with E-state index in [1.807, 2.05) is 13.8 Å². The zero-order chi connectivity index (χ0) is 29.6. The highest BCUT2D eigenvalue weighted by atomic mass is 32.2. The van der Waals surface area contributed by atoms with Crippen molar-refractivity contribution in [3.05, 3.63) is 34.2 Å². The number of hydrogen-bond acceptors (Lipinski definition) is 9. The number of rotatable bonds is 15. The van der Waals surface area contributed by atoms with E-state index in [4.69, 9.17) is 14.5 Å². The number of aromatic nitrogens is 4. The lowest BCUT2D eigenvalue weighted by molar-refractivity contribution is -0.143. The van der Waals surface area contributed by atoms with Crippen molar-refractivity contribution in [1.82, 2.24) is 29.4 Å². The molecule has 0 amide bonds. The molecule has 2 aromatic heterocycles. The van der Waals surface area contributed by atoms with Gasteiger partial charge in [0.2, 0.25) is 10.0 Å². The molecule has 41 heavy (non-hydrogen) atoms. The maximum absolute atomic E-state index is 13.5. The Morgan fingerprint density at radius 3 is 2.66 bits per heavy atom. The van der Waals surface area contributed by atoms with E-state index in [1.165, 1.54) is 21.1 Å². The highest BCUT2D eigenvalue weighted by molar-refractivity contribution is 7.89. The van der Waals surface area contributed by atoms with Crippen LogP contribution in [0.5, 0.6) is 5.75 Å². The van der Waals surface area contributed by atoms with E-state index < -0.39 is 10.0 Å². The van der Waals surface area contributed by atoms with Crippen molar-refractivity contribution in [2.24, 2.45) is 7.05 Å². The van der Waals surface area contributed by atoms with Crippen molar-refractivity contribution in [2.45, 2.75) is 70.2 Å². The number of nitrogens with zero attached hydrogens (tertiary/aromatic N) is 4. The number of unbranched alkanes of at least 4 members (excludes halogenated alkanes) is 2. The Labute approximate surface area is 240 Å². The van der Waals surface area contributed by atoms with Gasteiger partial charge in [0, 0.05) is 39.1 Å². The van der Waals surface area contributed by atoms with Crippen LogP contribution in [-0.2, 0) is 33.0 Å². The molecule has 0 bridgehead atoms. The average molecular weight is 589 g/mol. The second kappa shape index (κ2) is 13.6. The topological polar surface area (TPSA) is 149 Å². The van der Waals surface area contributed by atoms with Gasteiger partial charge in [-0.05, 0) is 38.0 Å². The first kappa shape index (κ1) is 30.7. The third kappa shape index (κ3) is 6.96. The smallest absolute Gasteiger partial charge is 0.305 e. The number of carbonyl (C=O) groups is 1. The Kier molecular flexibility index (Phi) is 10.2. The Bertz CT molecular complexity index is 1530.